The summed E-state index contributed by atoms with van der Waals surface area (Å²) in [4.78, 5) is 18.7. The molecule has 1 aromatic heterocycles. The summed E-state index contributed by atoms with van der Waals surface area (Å²) >= 11 is 1.45. The highest BCUT2D eigenvalue weighted by Crippen LogP contribution is 2.39. The molecule has 5 rings (SSSR count). The molecule has 0 bridgehead atoms. The van der Waals surface area contributed by atoms with Crippen molar-refractivity contribution >= 4 is 38.5 Å². The highest BCUT2D eigenvalue weighted by Gasteiger charge is 2.43. The molecule has 1 unspecified atom stereocenters. The molecule has 2 N–H and O–H groups in total. The number of hydrogen-bond acceptors (Lipinski definition) is 4. The van der Waals surface area contributed by atoms with Gasteiger partial charge in [0.15, 0.2) is 5.13 Å². The van der Waals surface area contributed by atoms with Gasteiger partial charge in [-0.3, -0.25) is 4.79 Å². The Bertz CT molecular complexity index is 1490. The van der Waals surface area contributed by atoms with Crippen molar-refractivity contribution < 1.29 is 13.6 Å². The number of hydrogen-bond donors (Lipinski definition) is 2. The van der Waals surface area contributed by atoms with Gasteiger partial charge in [-0.1, -0.05) is 54.1 Å². The standard InChI is InChI=1S/C28H27N3O3S2/c1-18-8-10-21(11-9-18)16-26(32)29-28-30-27(20(3)35-28)23-12-13-24-22(17-23)14-15-31(24)36(33,34)25-7-5-4-6-19(25)2/h4-13,17H,14-16H2,1-3H3,(H-,29,30,32,33,34)/p+1. The predicted octanol–water partition coefficient (Wildman–Crippen LogP) is 6.23. The average Bonchev–Trinajstić information content (AvgIpc) is 3.43. The van der Waals surface area contributed by atoms with Gasteiger partial charge in [-0.15, -0.1) is 11.3 Å². The van der Waals surface area contributed by atoms with Crippen LogP contribution in [0.15, 0.2) is 71.6 Å². The van der Waals surface area contributed by atoms with Crippen molar-refractivity contribution in [2.24, 2.45) is 0 Å². The SMILES string of the molecule is Cc1ccc(CC(=O)Nc2nc(-c3ccc4c(c3)CCN4[S+](=O)(O)c3ccccc3C)c(C)s2)cc1. The van der Waals surface area contributed by atoms with Crippen molar-refractivity contribution in [3.8, 4) is 11.3 Å². The summed E-state index contributed by atoms with van der Waals surface area (Å²) in [5.41, 5.74) is 6.45. The van der Waals surface area contributed by atoms with Crippen molar-refractivity contribution in [2.45, 2.75) is 38.5 Å². The molecular weight excluding hydrogens is 490 g/mol. The lowest BCUT2D eigenvalue weighted by Crippen LogP contribution is -2.35. The number of nitrogens with one attached hydrogen (secondary N) is 1. The van der Waals surface area contributed by atoms with Crippen LogP contribution < -0.4 is 9.62 Å². The second-order valence-corrected chi connectivity index (χ2v) is 12.2. The monoisotopic (exact) mass is 518 g/mol. The van der Waals surface area contributed by atoms with Crippen LogP contribution in [0, 0.1) is 20.8 Å². The van der Waals surface area contributed by atoms with E-state index in [1.165, 1.54) is 11.3 Å². The smallest absolute Gasteiger partial charge is 0.302 e. The summed E-state index contributed by atoms with van der Waals surface area (Å²) in [5, 5.41) is 3.50. The van der Waals surface area contributed by atoms with Gasteiger partial charge in [0.1, 0.15) is 0 Å². The van der Waals surface area contributed by atoms with E-state index in [0.717, 1.165) is 44.1 Å². The summed E-state index contributed by atoms with van der Waals surface area (Å²) in [6, 6.07) is 21.0. The Morgan fingerprint density at radius 3 is 2.58 bits per heavy atom. The van der Waals surface area contributed by atoms with Crippen molar-refractivity contribution in [1.82, 2.24) is 4.98 Å². The maximum atomic E-state index is 13.5. The Labute approximate surface area is 216 Å². The molecule has 4 aromatic rings. The molecule has 0 radical (unpaired) electrons. The Hall–Kier alpha value is -3.33. The van der Waals surface area contributed by atoms with Gasteiger partial charge in [0.2, 0.25) is 10.8 Å². The van der Waals surface area contributed by atoms with E-state index in [9.17, 15) is 13.6 Å². The number of thiazole rings is 1. The highest BCUT2D eigenvalue weighted by molar-refractivity contribution is 7.99. The van der Waals surface area contributed by atoms with Gasteiger partial charge < -0.3 is 5.32 Å². The minimum absolute atomic E-state index is 0.0994. The number of rotatable bonds is 6. The summed E-state index contributed by atoms with van der Waals surface area (Å²) in [6.07, 6.45) is 0.972. The molecule has 1 aliphatic heterocycles. The lowest BCUT2D eigenvalue weighted by atomic mass is 10.1. The van der Waals surface area contributed by atoms with E-state index < -0.39 is 10.4 Å². The quantitative estimate of drug-likeness (QED) is 0.297. The molecule has 0 saturated heterocycles. The molecule has 184 valence electrons. The number of carbonyl (C=O) groups excluding carboxylic acids is 1. The van der Waals surface area contributed by atoms with E-state index in [-0.39, 0.29) is 5.91 Å². The molecule has 1 aliphatic rings. The van der Waals surface area contributed by atoms with E-state index in [1.54, 1.807) is 16.4 Å². The van der Waals surface area contributed by atoms with Crippen LogP contribution >= 0.6 is 11.3 Å². The van der Waals surface area contributed by atoms with Crippen LogP contribution in [0.3, 0.4) is 0 Å². The van der Waals surface area contributed by atoms with E-state index in [1.807, 2.05) is 75.4 Å². The maximum Gasteiger partial charge on any atom is 0.348 e. The zero-order valence-corrected chi connectivity index (χ0v) is 22.1. The number of amides is 1. The second-order valence-electron chi connectivity index (χ2n) is 9.09. The number of aryl methyl sites for hydroxylation is 3. The first kappa shape index (κ1) is 24.4. The average molecular weight is 519 g/mol. The van der Waals surface area contributed by atoms with E-state index in [4.69, 9.17) is 4.98 Å². The van der Waals surface area contributed by atoms with Gasteiger partial charge in [0.25, 0.3) is 0 Å². The van der Waals surface area contributed by atoms with Crippen LogP contribution in [-0.4, -0.2) is 22.0 Å². The van der Waals surface area contributed by atoms with E-state index >= 15 is 0 Å². The first-order chi connectivity index (χ1) is 17.2. The number of carbonyl (C=O) groups is 1. The van der Waals surface area contributed by atoms with Crippen LogP contribution in [0.25, 0.3) is 11.3 Å². The zero-order valence-electron chi connectivity index (χ0n) is 20.4. The molecule has 1 atom stereocenters. The fourth-order valence-corrected chi connectivity index (χ4v) is 7.14. The number of benzene rings is 3. The molecule has 0 fully saturated rings. The molecule has 8 heteroatoms. The Morgan fingerprint density at radius 2 is 1.83 bits per heavy atom. The molecular formula is C28H28N3O3S2+. The highest BCUT2D eigenvalue weighted by atomic mass is 32.3. The van der Waals surface area contributed by atoms with Crippen LogP contribution in [0.2, 0.25) is 0 Å². The van der Waals surface area contributed by atoms with E-state index in [2.05, 4.69) is 5.32 Å². The third kappa shape index (κ3) is 4.72. The summed E-state index contributed by atoms with van der Waals surface area (Å²) in [5.74, 6) is -0.0994. The second kappa shape index (κ2) is 9.61. The summed E-state index contributed by atoms with van der Waals surface area (Å²) in [6.45, 7) is 6.33. The van der Waals surface area contributed by atoms with Gasteiger partial charge in [0.05, 0.1) is 24.3 Å². The van der Waals surface area contributed by atoms with Gasteiger partial charge in [0, 0.05) is 16.0 Å². The number of aromatic nitrogens is 1. The fourth-order valence-electron chi connectivity index (χ4n) is 4.52. The molecule has 0 saturated carbocycles. The molecule has 0 spiro atoms. The molecule has 1 amide bonds. The molecule has 0 aliphatic carbocycles. The minimum atomic E-state index is -3.38. The van der Waals surface area contributed by atoms with Crippen LogP contribution in [0.5, 0.6) is 0 Å². The van der Waals surface area contributed by atoms with Crippen molar-refractivity contribution in [3.05, 3.63) is 93.9 Å². The Kier molecular flexibility index (Phi) is 6.51. The van der Waals surface area contributed by atoms with Crippen LogP contribution in [0.4, 0.5) is 10.8 Å². The first-order valence-corrected chi connectivity index (χ1v) is 14.1. The molecule has 2 heterocycles. The fraction of sp³-hybridized carbons (Fsp3) is 0.214. The summed E-state index contributed by atoms with van der Waals surface area (Å²) < 4.78 is 26.1. The largest absolute Gasteiger partial charge is 0.348 e. The Balaban J connectivity index is 1.35. The number of anilines is 2. The molecule has 36 heavy (non-hydrogen) atoms. The first-order valence-electron chi connectivity index (χ1n) is 11.8. The normalized spacial score (nSPS) is 14.4. The van der Waals surface area contributed by atoms with Gasteiger partial charge in [-0.2, -0.15) is 8.86 Å². The maximum absolute atomic E-state index is 13.5. The zero-order chi connectivity index (χ0) is 25.4. The van der Waals surface area contributed by atoms with E-state index in [0.29, 0.717) is 29.4 Å². The lowest BCUT2D eigenvalue weighted by Gasteiger charge is -2.18. The number of fused-ring (bicyclic) bond motifs is 1. The third-order valence-electron chi connectivity index (χ3n) is 6.41. The van der Waals surface area contributed by atoms with Crippen molar-refractivity contribution in [3.63, 3.8) is 0 Å². The van der Waals surface area contributed by atoms with Crippen LogP contribution in [0.1, 0.15) is 27.1 Å². The topological polar surface area (TPSA) is 82.5 Å². The van der Waals surface area contributed by atoms with Gasteiger partial charge in [-0.05, 0) is 60.7 Å². The Morgan fingerprint density at radius 1 is 1.08 bits per heavy atom. The van der Waals surface area contributed by atoms with Gasteiger partial charge >= 0.3 is 10.4 Å². The lowest BCUT2D eigenvalue weighted by molar-refractivity contribution is -0.115. The summed E-state index contributed by atoms with van der Waals surface area (Å²) in [7, 11) is -3.38. The number of nitrogens with zero attached hydrogens (tertiary/aromatic N) is 2. The predicted molar refractivity (Wildman–Crippen MR) is 147 cm³/mol. The minimum Gasteiger partial charge on any atom is -0.302 e. The molecule has 3 aromatic carbocycles. The van der Waals surface area contributed by atoms with Crippen LogP contribution in [-0.2, 0) is 32.2 Å². The van der Waals surface area contributed by atoms with Crippen molar-refractivity contribution in [1.29, 1.82) is 0 Å². The van der Waals surface area contributed by atoms with Crippen molar-refractivity contribution in [2.75, 3.05) is 16.2 Å². The van der Waals surface area contributed by atoms with Gasteiger partial charge in [-0.25, -0.2) is 4.98 Å². The molecule has 6 nitrogen and oxygen atoms in total. The third-order valence-corrected chi connectivity index (χ3v) is 9.31.